The molecule has 1 saturated carbocycles. The summed E-state index contributed by atoms with van der Waals surface area (Å²) in [4.78, 5) is 36.0. The summed E-state index contributed by atoms with van der Waals surface area (Å²) >= 11 is 0. The molecule has 0 aromatic heterocycles. The van der Waals surface area contributed by atoms with Gasteiger partial charge in [-0.25, -0.2) is 22.7 Å². The average Bonchev–Trinajstić information content (AvgIpc) is 2.96. The lowest BCUT2D eigenvalue weighted by molar-refractivity contribution is -0.111. The minimum absolute atomic E-state index is 0.0188. The molecule has 0 radical (unpaired) electrons. The van der Waals surface area contributed by atoms with E-state index in [1.807, 2.05) is 10.8 Å². The van der Waals surface area contributed by atoms with Crippen molar-refractivity contribution in [2.24, 2.45) is 11.7 Å². The van der Waals surface area contributed by atoms with Crippen molar-refractivity contribution in [1.82, 2.24) is 4.72 Å². The number of benzene rings is 2. The third-order valence-electron chi connectivity index (χ3n) is 6.53. The SMILES string of the molecule is CC(=O)C(=C(N)c1ccc(S(=O)(=O)NC(=O)OCCSSCCOC(=O)O[C@@H]2CCCC[C@@H]2C)cc1)c1ccccc1. The fourth-order valence-electron chi connectivity index (χ4n) is 4.37. The molecule has 13 heteroatoms. The molecule has 0 aliphatic heterocycles. The number of nitrogens with one attached hydrogen (secondary N) is 1. The van der Waals surface area contributed by atoms with Gasteiger partial charge < -0.3 is 19.9 Å². The third kappa shape index (κ3) is 10.3. The lowest BCUT2D eigenvalue weighted by atomic mass is 9.88. The summed E-state index contributed by atoms with van der Waals surface area (Å²) in [6.45, 7) is 3.66. The van der Waals surface area contributed by atoms with Crippen LogP contribution < -0.4 is 10.5 Å². The second-order valence-corrected chi connectivity index (χ2v) is 14.0. The topological polar surface area (TPSA) is 151 Å². The number of allylic oxidation sites excluding steroid dienone is 1. The van der Waals surface area contributed by atoms with Crippen molar-refractivity contribution in [3.05, 3.63) is 65.7 Å². The normalized spacial score (nSPS) is 17.5. The van der Waals surface area contributed by atoms with Crippen LogP contribution in [0.25, 0.3) is 11.3 Å². The zero-order valence-corrected chi connectivity index (χ0v) is 26.0. The van der Waals surface area contributed by atoms with Crippen molar-refractivity contribution in [2.75, 3.05) is 24.7 Å². The molecule has 3 N–H and O–H groups in total. The van der Waals surface area contributed by atoms with E-state index < -0.39 is 22.3 Å². The molecule has 1 fully saturated rings. The fraction of sp³-hybridized carbons (Fsp3) is 0.414. The Morgan fingerprint density at radius 2 is 1.52 bits per heavy atom. The van der Waals surface area contributed by atoms with Crippen molar-refractivity contribution in [3.8, 4) is 0 Å². The van der Waals surface area contributed by atoms with Gasteiger partial charge >= 0.3 is 12.2 Å². The number of hydrogen-bond donors (Lipinski definition) is 2. The van der Waals surface area contributed by atoms with Gasteiger partial charge in [0, 0.05) is 17.1 Å². The molecule has 0 saturated heterocycles. The number of sulfonamides is 1. The Bertz CT molecular complexity index is 1350. The van der Waals surface area contributed by atoms with E-state index in [1.54, 1.807) is 24.3 Å². The average molecular weight is 637 g/mol. The van der Waals surface area contributed by atoms with E-state index in [0.29, 0.717) is 34.1 Å². The van der Waals surface area contributed by atoms with Gasteiger partial charge in [-0.2, -0.15) is 0 Å². The first kappa shape index (κ1) is 33.3. The first-order valence-electron chi connectivity index (χ1n) is 13.5. The highest BCUT2D eigenvalue weighted by Gasteiger charge is 2.25. The number of nitrogens with two attached hydrogens (primary N) is 1. The van der Waals surface area contributed by atoms with Crippen LogP contribution in [-0.2, 0) is 29.0 Å². The van der Waals surface area contributed by atoms with Crippen LogP contribution in [-0.4, -0.2) is 57.3 Å². The van der Waals surface area contributed by atoms with E-state index in [9.17, 15) is 22.8 Å². The summed E-state index contributed by atoms with van der Waals surface area (Å²) in [6, 6.07) is 14.5. The predicted molar refractivity (Wildman–Crippen MR) is 165 cm³/mol. The highest BCUT2D eigenvalue weighted by molar-refractivity contribution is 8.76. The Morgan fingerprint density at radius 1 is 0.905 bits per heavy atom. The Morgan fingerprint density at radius 3 is 2.14 bits per heavy atom. The summed E-state index contributed by atoms with van der Waals surface area (Å²) in [5, 5.41) is 0. The highest BCUT2D eigenvalue weighted by atomic mass is 33.1. The Labute approximate surface area is 254 Å². The maximum absolute atomic E-state index is 12.6. The summed E-state index contributed by atoms with van der Waals surface area (Å²) in [6.07, 6.45) is 2.30. The number of Topliss-reactive ketones (excluding diaryl/α,β-unsaturated/α-hetero) is 1. The molecule has 2 aromatic carbocycles. The van der Waals surface area contributed by atoms with Crippen molar-refractivity contribution >= 4 is 60.9 Å². The zero-order chi connectivity index (χ0) is 30.5. The Balaban J connectivity index is 1.37. The van der Waals surface area contributed by atoms with Gasteiger partial charge in [0.25, 0.3) is 10.0 Å². The Hall–Kier alpha value is -3.16. The molecule has 0 unspecified atom stereocenters. The van der Waals surface area contributed by atoms with E-state index >= 15 is 0 Å². The smallest absolute Gasteiger partial charge is 0.448 e. The largest absolute Gasteiger partial charge is 0.508 e. The minimum atomic E-state index is -4.19. The second-order valence-electron chi connectivity index (χ2n) is 9.64. The number of carbonyl (C=O) groups excluding carboxylic acids is 3. The lowest BCUT2D eigenvalue weighted by Gasteiger charge is -2.27. The van der Waals surface area contributed by atoms with Gasteiger partial charge in [0.15, 0.2) is 5.78 Å². The maximum atomic E-state index is 12.6. The van der Waals surface area contributed by atoms with Crippen LogP contribution in [0.4, 0.5) is 9.59 Å². The fourth-order valence-corrected chi connectivity index (χ4v) is 6.91. The van der Waals surface area contributed by atoms with E-state index in [0.717, 1.165) is 25.7 Å². The Kier molecular flexibility index (Phi) is 13.1. The van der Waals surface area contributed by atoms with E-state index in [4.69, 9.17) is 19.9 Å². The zero-order valence-electron chi connectivity index (χ0n) is 23.6. The summed E-state index contributed by atoms with van der Waals surface area (Å²) in [7, 11) is -1.37. The molecule has 2 aromatic rings. The third-order valence-corrected chi connectivity index (χ3v) is 10.2. The molecule has 0 heterocycles. The predicted octanol–water partition coefficient (Wildman–Crippen LogP) is 5.63. The summed E-state index contributed by atoms with van der Waals surface area (Å²) < 4.78 is 42.6. The van der Waals surface area contributed by atoms with Gasteiger partial charge in [-0.3, -0.25) is 4.79 Å². The van der Waals surface area contributed by atoms with Gasteiger partial charge in [-0.1, -0.05) is 77.4 Å². The second kappa shape index (κ2) is 16.5. The molecule has 0 bridgehead atoms. The van der Waals surface area contributed by atoms with Crippen LogP contribution in [0.1, 0.15) is 50.7 Å². The molecule has 1 aliphatic rings. The van der Waals surface area contributed by atoms with Crippen LogP contribution in [0.2, 0.25) is 0 Å². The highest BCUT2D eigenvalue weighted by Crippen LogP contribution is 2.27. The number of carbonyl (C=O) groups is 3. The quantitative estimate of drug-likeness (QED) is 0.0925. The molecule has 3 rings (SSSR count). The first-order valence-corrected chi connectivity index (χ1v) is 17.5. The number of amides is 1. The number of rotatable bonds is 13. The standard InChI is InChI=1S/C29H36N2O8S3/c1-20-8-6-7-11-25(20)39-29(34)38-17-19-41-40-18-16-37-28(33)31-42(35,36)24-14-12-23(13-15-24)27(30)26(21(2)32)22-9-4-3-5-10-22/h3-5,9-10,12-15,20,25H,6-8,11,16-19,30H2,1-2H3,(H,31,33)/t20-,25+/m0/s1. The molecular formula is C29H36N2O8S3. The number of ether oxygens (including phenoxy) is 3. The van der Waals surface area contributed by atoms with E-state index in [2.05, 4.69) is 6.92 Å². The lowest BCUT2D eigenvalue weighted by Crippen LogP contribution is -2.31. The maximum Gasteiger partial charge on any atom is 0.508 e. The van der Waals surface area contributed by atoms with Gasteiger partial charge in [0.05, 0.1) is 10.6 Å². The molecule has 1 aliphatic carbocycles. The minimum Gasteiger partial charge on any atom is -0.448 e. The molecule has 228 valence electrons. The number of hydrogen-bond acceptors (Lipinski definition) is 11. The van der Waals surface area contributed by atoms with E-state index in [1.165, 1.54) is 52.8 Å². The first-order chi connectivity index (χ1) is 20.1. The van der Waals surface area contributed by atoms with Gasteiger partial charge in [0.2, 0.25) is 0 Å². The van der Waals surface area contributed by atoms with Crippen LogP contribution >= 0.6 is 21.6 Å². The summed E-state index contributed by atoms with van der Waals surface area (Å²) in [5.41, 5.74) is 7.90. The molecule has 42 heavy (non-hydrogen) atoms. The molecule has 10 nitrogen and oxygen atoms in total. The van der Waals surface area contributed by atoms with Crippen molar-refractivity contribution < 1.29 is 37.0 Å². The van der Waals surface area contributed by atoms with Gasteiger partial charge in [-0.05, 0) is 55.4 Å². The molecule has 2 atom stereocenters. The number of ketones is 1. The van der Waals surface area contributed by atoms with Gasteiger partial charge in [-0.15, -0.1) is 0 Å². The molecular weight excluding hydrogens is 601 g/mol. The molecule has 0 spiro atoms. The van der Waals surface area contributed by atoms with Crippen molar-refractivity contribution in [3.63, 3.8) is 0 Å². The van der Waals surface area contributed by atoms with Crippen LogP contribution in [0, 0.1) is 5.92 Å². The van der Waals surface area contributed by atoms with E-state index in [-0.39, 0.29) is 35.7 Å². The van der Waals surface area contributed by atoms with Crippen LogP contribution in [0.15, 0.2) is 59.5 Å². The molecule has 1 amide bonds. The van der Waals surface area contributed by atoms with Gasteiger partial charge in [0.1, 0.15) is 19.3 Å². The monoisotopic (exact) mass is 636 g/mol. The van der Waals surface area contributed by atoms with Crippen molar-refractivity contribution in [2.45, 2.75) is 50.5 Å². The van der Waals surface area contributed by atoms with Crippen LogP contribution in [0.3, 0.4) is 0 Å². The van der Waals surface area contributed by atoms with Crippen LogP contribution in [0.5, 0.6) is 0 Å². The summed E-state index contributed by atoms with van der Waals surface area (Å²) in [5.74, 6) is 1.05. The van der Waals surface area contributed by atoms with Crippen molar-refractivity contribution in [1.29, 1.82) is 0 Å².